The van der Waals surface area contributed by atoms with E-state index >= 15 is 0 Å². The molecule has 0 amide bonds. The monoisotopic (exact) mass is 667 g/mol. The number of carbonyl (C=O) groups excluding carboxylic acids is 1. The van der Waals surface area contributed by atoms with Crippen molar-refractivity contribution in [2.24, 2.45) is 4.99 Å². The third-order valence-electron chi connectivity index (χ3n) is 6.48. The number of nitrogens with zero attached hydrogens (tertiary/aromatic N) is 3. The van der Waals surface area contributed by atoms with Crippen LogP contribution in [-0.2, 0) is 16.1 Å². The normalized spacial score (nSPS) is 14.8. The van der Waals surface area contributed by atoms with E-state index in [0.717, 1.165) is 16.9 Å². The highest BCUT2D eigenvalue weighted by Gasteiger charge is 2.34. The van der Waals surface area contributed by atoms with Gasteiger partial charge in [0.2, 0.25) is 5.75 Å². The third kappa shape index (κ3) is 5.80. The Morgan fingerprint density at radius 3 is 2.60 bits per heavy atom. The second-order valence-corrected chi connectivity index (χ2v) is 11.5. The van der Waals surface area contributed by atoms with Crippen LogP contribution < -0.4 is 19.6 Å². The molecule has 0 N–H and O–H groups in total. The predicted octanol–water partition coefficient (Wildman–Crippen LogP) is 5.70. The van der Waals surface area contributed by atoms with Crippen molar-refractivity contribution < 1.29 is 19.2 Å². The van der Waals surface area contributed by atoms with Crippen LogP contribution >= 0.6 is 38.9 Å². The minimum absolute atomic E-state index is 0.0795. The number of rotatable bonds is 8. The van der Waals surface area contributed by atoms with E-state index in [0.29, 0.717) is 31.1 Å². The molecule has 0 aliphatic carbocycles. The van der Waals surface area contributed by atoms with Crippen molar-refractivity contribution in [1.82, 2.24) is 4.57 Å². The lowest BCUT2D eigenvalue weighted by atomic mass is 9.96. The zero-order valence-corrected chi connectivity index (χ0v) is 25.5. The van der Waals surface area contributed by atoms with Crippen molar-refractivity contribution >= 4 is 56.6 Å². The lowest BCUT2D eigenvalue weighted by Gasteiger charge is -2.25. The Bertz CT molecular complexity index is 1920. The van der Waals surface area contributed by atoms with Crippen LogP contribution in [0.3, 0.4) is 0 Å². The number of allylic oxidation sites excluding steroid dienone is 1. The van der Waals surface area contributed by atoms with Gasteiger partial charge in [-0.15, -0.1) is 0 Å². The molecular formula is C30H23BrClN3O6S. The van der Waals surface area contributed by atoms with Crippen LogP contribution in [-0.4, -0.2) is 22.1 Å². The van der Waals surface area contributed by atoms with Crippen LogP contribution in [0.15, 0.2) is 92.3 Å². The van der Waals surface area contributed by atoms with Crippen molar-refractivity contribution in [2.75, 3.05) is 6.61 Å². The highest BCUT2D eigenvalue weighted by molar-refractivity contribution is 9.10. The van der Waals surface area contributed by atoms with Crippen molar-refractivity contribution in [2.45, 2.75) is 26.5 Å². The van der Waals surface area contributed by atoms with Gasteiger partial charge < -0.3 is 9.47 Å². The molecule has 214 valence electrons. The van der Waals surface area contributed by atoms with Crippen LogP contribution in [0, 0.1) is 10.1 Å². The van der Waals surface area contributed by atoms with Crippen LogP contribution in [0.1, 0.15) is 36.6 Å². The number of thiazole rings is 1. The molecule has 12 heteroatoms. The molecule has 0 saturated heterocycles. The van der Waals surface area contributed by atoms with E-state index in [1.807, 2.05) is 30.3 Å². The first-order valence-electron chi connectivity index (χ1n) is 12.8. The maximum Gasteiger partial charge on any atom is 0.338 e. The van der Waals surface area contributed by atoms with Crippen molar-refractivity contribution in [3.05, 3.63) is 134 Å². The SMILES string of the molecule is CCOC(=O)C1=C(C)N=c2s/c(=C\c3cc(Br)c(OCc4ccccc4)c([N+](=O)[O-])c3)c(=O)n2[C@@H]1c1ccccc1Cl. The molecule has 0 radical (unpaired) electrons. The first-order chi connectivity index (χ1) is 20.2. The Labute approximate surface area is 257 Å². The minimum atomic E-state index is -0.869. The number of halogens is 2. The number of nitro benzene ring substituents is 1. The molecule has 1 aromatic heterocycles. The molecule has 1 atom stereocenters. The maximum atomic E-state index is 13.9. The zero-order chi connectivity index (χ0) is 30.0. The second kappa shape index (κ2) is 12.4. The summed E-state index contributed by atoms with van der Waals surface area (Å²) in [4.78, 5) is 43.3. The highest BCUT2D eigenvalue weighted by atomic mass is 79.9. The summed E-state index contributed by atoms with van der Waals surface area (Å²) in [5.74, 6) is -0.514. The van der Waals surface area contributed by atoms with Crippen molar-refractivity contribution in [3.63, 3.8) is 0 Å². The molecule has 0 bridgehead atoms. The summed E-state index contributed by atoms with van der Waals surface area (Å²) < 4.78 is 13.2. The average molecular weight is 669 g/mol. The van der Waals surface area contributed by atoms with E-state index in [2.05, 4.69) is 20.9 Å². The topological polar surface area (TPSA) is 113 Å². The fraction of sp³-hybridized carbons (Fsp3) is 0.167. The Balaban J connectivity index is 1.62. The van der Waals surface area contributed by atoms with Crippen LogP contribution in [0.25, 0.3) is 6.08 Å². The first-order valence-corrected chi connectivity index (χ1v) is 14.8. The quantitative estimate of drug-likeness (QED) is 0.135. The van der Waals surface area contributed by atoms with Gasteiger partial charge in [0, 0.05) is 11.1 Å². The van der Waals surface area contributed by atoms with Gasteiger partial charge in [-0.1, -0.05) is 71.5 Å². The van der Waals surface area contributed by atoms with Crippen LogP contribution in [0.5, 0.6) is 5.75 Å². The number of hydrogen-bond donors (Lipinski definition) is 0. The van der Waals surface area contributed by atoms with Crippen LogP contribution in [0.4, 0.5) is 5.69 Å². The summed E-state index contributed by atoms with van der Waals surface area (Å²) in [6.07, 6.45) is 1.55. The first kappa shape index (κ1) is 29.4. The molecule has 1 aliphatic heterocycles. The number of hydrogen-bond acceptors (Lipinski definition) is 8. The highest BCUT2D eigenvalue weighted by Crippen LogP contribution is 2.37. The molecule has 0 spiro atoms. The molecule has 1 aliphatic rings. The Hall–Kier alpha value is -4.06. The number of nitro groups is 1. The largest absolute Gasteiger partial charge is 0.481 e. The number of aromatic nitrogens is 1. The van der Waals surface area contributed by atoms with Gasteiger partial charge in [-0.3, -0.25) is 19.5 Å². The number of benzene rings is 3. The number of carbonyl (C=O) groups is 1. The lowest BCUT2D eigenvalue weighted by molar-refractivity contribution is -0.386. The molecule has 9 nitrogen and oxygen atoms in total. The molecule has 0 unspecified atom stereocenters. The van der Waals surface area contributed by atoms with Gasteiger partial charge in [0.05, 0.1) is 31.8 Å². The van der Waals surface area contributed by atoms with Gasteiger partial charge in [-0.05, 0) is 64.7 Å². The molecule has 0 saturated carbocycles. The summed E-state index contributed by atoms with van der Waals surface area (Å²) in [6.45, 7) is 3.67. The maximum absolute atomic E-state index is 13.9. The van der Waals surface area contributed by atoms with Crippen LogP contribution in [0.2, 0.25) is 5.02 Å². The van der Waals surface area contributed by atoms with E-state index < -0.39 is 22.5 Å². The average Bonchev–Trinajstić information content (AvgIpc) is 3.26. The molecule has 3 aromatic carbocycles. The summed E-state index contributed by atoms with van der Waals surface area (Å²) in [7, 11) is 0. The Kier molecular flexibility index (Phi) is 8.72. The van der Waals surface area contributed by atoms with Gasteiger partial charge >= 0.3 is 11.7 Å². The number of fused-ring (bicyclic) bond motifs is 1. The van der Waals surface area contributed by atoms with Gasteiger partial charge in [0.15, 0.2) is 4.80 Å². The molecule has 5 rings (SSSR count). The van der Waals surface area contributed by atoms with Crippen molar-refractivity contribution in [1.29, 1.82) is 0 Å². The summed E-state index contributed by atoms with van der Waals surface area (Å²) >= 11 is 11.1. The van der Waals surface area contributed by atoms with Gasteiger partial charge in [-0.25, -0.2) is 9.79 Å². The molecule has 42 heavy (non-hydrogen) atoms. The van der Waals surface area contributed by atoms with Gasteiger partial charge in [-0.2, -0.15) is 0 Å². The second-order valence-electron chi connectivity index (χ2n) is 9.21. The van der Waals surface area contributed by atoms with Gasteiger partial charge in [0.25, 0.3) is 5.56 Å². The number of esters is 1. The van der Waals surface area contributed by atoms with E-state index in [1.54, 1.807) is 50.3 Å². The van der Waals surface area contributed by atoms with Gasteiger partial charge in [0.1, 0.15) is 12.6 Å². The molecule has 4 aromatic rings. The van der Waals surface area contributed by atoms with Crippen molar-refractivity contribution in [3.8, 4) is 5.75 Å². The minimum Gasteiger partial charge on any atom is -0.481 e. The number of ether oxygens (including phenoxy) is 2. The van der Waals surface area contributed by atoms with E-state index in [4.69, 9.17) is 21.1 Å². The summed E-state index contributed by atoms with van der Waals surface area (Å²) in [5, 5.41) is 12.4. The molecular weight excluding hydrogens is 646 g/mol. The Morgan fingerprint density at radius 1 is 1.19 bits per heavy atom. The third-order valence-corrected chi connectivity index (χ3v) is 8.40. The molecule has 2 heterocycles. The van der Waals surface area contributed by atoms with E-state index in [9.17, 15) is 19.7 Å². The fourth-order valence-corrected chi connectivity index (χ4v) is 6.49. The standard InChI is InChI=1S/C30H23BrClN3O6S/c1-3-40-29(37)25-17(2)33-30-34(26(25)20-11-7-8-12-22(20)32)28(36)24(42-30)15-19-13-21(31)27(23(14-19)35(38)39)41-16-18-9-5-4-6-10-18/h4-15,26H,3,16H2,1-2H3/b24-15-/t26-/m1/s1. The van der Waals surface area contributed by atoms with E-state index in [-0.39, 0.29) is 34.8 Å². The molecule has 0 fully saturated rings. The summed E-state index contributed by atoms with van der Waals surface area (Å²) in [6, 6.07) is 18.4. The Morgan fingerprint density at radius 2 is 1.90 bits per heavy atom. The fourth-order valence-electron chi connectivity index (χ4n) is 4.62. The predicted molar refractivity (Wildman–Crippen MR) is 163 cm³/mol. The lowest BCUT2D eigenvalue weighted by Crippen LogP contribution is -2.40. The smallest absolute Gasteiger partial charge is 0.338 e. The summed E-state index contributed by atoms with van der Waals surface area (Å²) in [5.41, 5.74) is 1.74. The zero-order valence-electron chi connectivity index (χ0n) is 22.4. The van der Waals surface area contributed by atoms with E-state index in [1.165, 1.54) is 10.6 Å².